The van der Waals surface area contributed by atoms with Crippen molar-refractivity contribution in [2.24, 2.45) is 0 Å². The predicted octanol–water partition coefficient (Wildman–Crippen LogP) is 1.57. The number of hydrogen-bond donors (Lipinski definition) is 2. The van der Waals surface area contributed by atoms with Gasteiger partial charge in [-0.2, -0.15) is 9.57 Å². The number of aliphatic hydroxyl groups excluding tert-OH is 1. The molecule has 1 unspecified atom stereocenters. The maximum atomic E-state index is 11.7. The van der Waals surface area contributed by atoms with E-state index in [1.54, 1.807) is 10.7 Å². The van der Waals surface area contributed by atoms with Crippen molar-refractivity contribution in [2.45, 2.75) is 44.8 Å². The third-order valence-electron chi connectivity index (χ3n) is 5.18. The minimum Gasteiger partial charge on any atom is -0.390 e. The Kier molecular flexibility index (Phi) is 5.82. The second-order valence-corrected chi connectivity index (χ2v) is 9.46. The molecular formula is C17H23ClN6O3S. The number of halogens is 1. The first-order chi connectivity index (χ1) is 13.2. The van der Waals surface area contributed by atoms with Gasteiger partial charge in [-0.05, 0) is 18.8 Å². The van der Waals surface area contributed by atoms with Crippen molar-refractivity contribution >= 4 is 33.1 Å². The molecule has 3 atom stereocenters. The summed E-state index contributed by atoms with van der Waals surface area (Å²) >= 11 is 6.34. The molecule has 0 aliphatic carbocycles. The third kappa shape index (κ3) is 3.80. The van der Waals surface area contributed by atoms with E-state index in [-0.39, 0.29) is 24.5 Å². The summed E-state index contributed by atoms with van der Waals surface area (Å²) < 4.78 is 26.2. The van der Waals surface area contributed by atoms with Gasteiger partial charge < -0.3 is 10.4 Å². The zero-order chi connectivity index (χ0) is 20.6. The molecule has 28 heavy (non-hydrogen) atoms. The van der Waals surface area contributed by atoms with Crippen LogP contribution in [-0.4, -0.2) is 63.9 Å². The Morgan fingerprint density at radius 2 is 2.25 bits per heavy atom. The number of aliphatic hydroxyl groups is 1. The van der Waals surface area contributed by atoms with E-state index in [1.807, 2.05) is 13.8 Å². The number of β-amino-alcohol motifs (C(OH)–C–C–N with tert-alkyl or cyclic N) is 1. The molecule has 0 bridgehead atoms. The third-order valence-corrected chi connectivity index (χ3v) is 6.83. The molecule has 9 nitrogen and oxygen atoms in total. The molecule has 1 aliphatic rings. The molecule has 1 saturated heterocycles. The highest BCUT2D eigenvalue weighted by atomic mass is 35.5. The van der Waals surface area contributed by atoms with Gasteiger partial charge in [-0.25, -0.2) is 17.9 Å². The van der Waals surface area contributed by atoms with Gasteiger partial charge >= 0.3 is 0 Å². The average Bonchev–Trinajstić information content (AvgIpc) is 2.93. The van der Waals surface area contributed by atoms with Crippen molar-refractivity contribution < 1.29 is 13.5 Å². The lowest BCUT2D eigenvalue weighted by molar-refractivity contribution is 0.0950. The number of piperidine rings is 1. The van der Waals surface area contributed by atoms with E-state index in [0.717, 1.165) is 18.4 Å². The second-order valence-electron chi connectivity index (χ2n) is 7.10. The molecule has 3 heterocycles. The number of rotatable bonds is 5. The van der Waals surface area contributed by atoms with Gasteiger partial charge in [0.1, 0.15) is 11.6 Å². The molecule has 152 valence electrons. The molecule has 1 fully saturated rings. The summed E-state index contributed by atoms with van der Waals surface area (Å²) in [5.74, 6) is 0.353. The molecular weight excluding hydrogens is 404 g/mol. The quantitative estimate of drug-likeness (QED) is 0.743. The summed E-state index contributed by atoms with van der Waals surface area (Å²) in [6.45, 7) is 4.34. The Bertz CT molecular complexity index is 1030. The molecule has 3 rings (SSSR count). The van der Waals surface area contributed by atoms with Gasteiger partial charge in [-0.1, -0.05) is 25.4 Å². The van der Waals surface area contributed by atoms with Crippen molar-refractivity contribution in [3.63, 3.8) is 0 Å². The van der Waals surface area contributed by atoms with Gasteiger partial charge in [0, 0.05) is 13.1 Å². The standard InChI is InChI=1S/C17H23ClN6O3S/c1-4-10(2)16-11(7-19)15(18)13-8-20-17(22-24(13)16)21-12-5-6-23(9-14(12)25)28(3,26)27/h8,10,12,14,25H,4-6,9H2,1-3H3,(H,21,22)/t10?,12-,14-/m1/s1. The molecule has 0 radical (unpaired) electrons. The largest absolute Gasteiger partial charge is 0.390 e. The van der Waals surface area contributed by atoms with E-state index >= 15 is 0 Å². The summed E-state index contributed by atoms with van der Waals surface area (Å²) in [5.41, 5.74) is 1.67. The topological polar surface area (TPSA) is 124 Å². The fourth-order valence-corrected chi connectivity index (χ4v) is 4.52. The Balaban J connectivity index is 1.90. The van der Waals surface area contributed by atoms with Crippen molar-refractivity contribution in [3.05, 3.63) is 22.5 Å². The lowest BCUT2D eigenvalue weighted by Gasteiger charge is -2.34. The van der Waals surface area contributed by atoms with Crippen LogP contribution in [0.15, 0.2) is 6.20 Å². The van der Waals surface area contributed by atoms with Crippen molar-refractivity contribution in [1.29, 1.82) is 5.26 Å². The lowest BCUT2D eigenvalue weighted by Crippen LogP contribution is -2.51. The second kappa shape index (κ2) is 7.83. The minimum atomic E-state index is -3.34. The Hall–Kier alpha value is -1.93. The monoisotopic (exact) mass is 426 g/mol. The smallest absolute Gasteiger partial charge is 0.241 e. The summed E-state index contributed by atoms with van der Waals surface area (Å²) in [6.07, 6.45) is 3.02. The van der Waals surface area contributed by atoms with E-state index in [4.69, 9.17) is 11.6 Å². The number of nitrogens with one attached hydrogen (secondary N) is 1. The Labute approximate surface area is 169 Å². The van der Waals surface area contributed by atoms with Crippen LogP contribution in [0.3, 0.4) is 0 Å². The summed E-state index contributed by atoms with van der Waals surface area (Å²) in [6, 6.07) is 1.77. The van der Waals surface area contributed by atoms with Crippen molar-refractivity contribution in [1.82, 2.24) is 18.9 Å². The van der Waals surface area contributed by atoms with E-state index in [9.17, 15) is 18.8 Å². The van der Waals surface area contributed by atoms with Crippen LogP contribution in [0.5, 0.6) is 0 Å². The number of nitriles is 1. The SMILES string of the molecule is CCC(C)c1c(C#N)c(Cl)c2cnc(N[C@@H]3CCN(S(C)(=O)=O)C[C@H]3O)nn12. The van der Waals surface area contributed by atoms with Crippen LogP contribution in [-0.2, 0) is 10.0 Å². The first kappa shape index (κ1) is 20.8. The van der Waals surface area contributed by atoms with Crippen LogP contribution >= 0.6 is 11.6 Å². The van der Waals surface area contributed by atoms with Crippen LogP contribution in [0.25, 0.3) is 5.52 Å². The number of nitrogens with zero attached hydrogens (tertiary/aromatic N) is 5. The molecule has 1 aliphatic heterocycles. The van der Waals surface area contributed by atoms with Gasteiger partial charge in [0.25, 0.3) is 0 Å². The van der Waals surface area contributed by atoms with E-state index < -0.39 is 16.1 Å². The van der Waals surface area contributed by atoms with Crippen LogP contribution in [0.1, 0.15) is 43.9 Å². The number of aromatic nitrogens is 3. The fraction of sp³-hybridized carbons (Fsp3) is 0.588. The van der Waals surface area contributed by atoms with Gasteiger partial charge in [0.2, 0.25) is 16.0 Å². The van der Waals surface area contributed by atoms with Gasteiger partial charge in [-0.3, -0.25) is 0 Å². The summed E-state index contributed by atoms with van der Waals surface area (Å²) in [7, 11) is -3.34. The Morgan fingerprint density at radius 3 is 2.82 bits per heavy atom. The maximum absolute atomic E-state index is 11.7. The highest BCUT2D eigenvalue weighted by molar-refractivity contribution is 7.88. The fourth-order valence-electron chi connectivity index (χ4n) is 3.39. The number of anilines is 1. The zero-order valence-corrected chi connectivity index (χ0v) is 17.5. The number of fused-ring (bicyclic) bond motifs is 1. The number of hydrogen-bond acceptors (Lipinski definition) is 7. The van der Waals surface area contributed by atoms with E-state index in [2.05, 4.69) is 21.5 Å². The summed E-state index contributed by atoms with van der Waals surface area (Å²) in [4.78, 5) is 4.26. The summed E-state index contributed by atoms with van der Waals surface area (Å²) in [5, 5.41) is 27.7. The Morgan fingerprint density at radius 1 is 1.54 bits per heavy atom. The van der Waals surface area contributed by atoms with E-state index in [1.165, 1.54) is 4.31 Å². The highest BCUT2D eigenvalue weighted by Crippen LogP contribution is 2.33. The van der Waals surface area contributed by atoms with E-state index in [0.29, 0.717) is 29.1 Å². The van der Waals surface area contributed by atoms with Crippen molar-refractivity contribution in [3.8, 4) is 6.07 Å². The number of sulfonamides is 1. The molecule has 11 heteroatoms. The molecule has 0 spiro atoms. The lowest BCUT2D eigenvalue weighted by atomic mass is 10.0. The average molecular weight is 427 g/mol. The van der Waals surface area contributed by atoms with Crippen LogP contribution in [0.2, 0.25) is 5.02 Å². The first-order valence-electron chi connectivity index (χ1n) is 9.04. The minimum absolute atomic E-state index is 0.0186. The van der Waals surface area contributed by atoms with Crippen LogP contribution in [0.4, 0.5) is 5.95 Å². The molecule has 2 aromatic heterocycles. The van der Waals surface area contributed by atoms with Gasteiger partial charge in [0.15, 0.2) is 0 Å². The van der Waals surface area contributed by atoms with Gasteiger partial charge in [0.05, 0.1) is 40.9 Å². The molecule has 0 amide bonds. The van der Waals surface area contributed by atoms with Gasteiger partial charge in [-0.15, -0.1) is 5.10 Å². The first-order valence-corrected chi connectivity index (χ1v) is 11.3. The predicted molar refractivity (Wildman–Crippen MR) is 106 cm³/mol. The normalized spacial score (nSPS) is 22.1. The molecule has 2 aromatic rings. The van der Waals surface area contributed by atoms with Crippen LogP contribution in [0, 0.1) is 11.3 Å². The maximum Gasteiger partial charge on any atom is 0.241 e. The molecule has 2 N–H and O–H groups in total. The molecule has 0 aromatic carbocycles. The van der Waals surface area contributed by atoms with Crippen molar-refractivity contribution in [2.75, 3.05) is 24.7 Å². The zero-order valence-electron chi connectivity index (χ0n) is 15.9. The highest BCUT2D eigenvalue weighted by Gasteiger charge is 2.32. The molecule has 0 saturated carbocycles. The van der Waals surface area contributed by atoms with Crippen LogP contribution < -0.4 is 5.32 Å².